The third-order valence-corrected chi connectivity index (χ3v) is 3.11. The minimum atomic E-state index is -0.0138. The summed E-state index contributed by atoms with van der Waals surface area (Å²) >= 11 is 0. The molecule has 1 aromatic heterocycles. The van der Waals surface area contributed by atoms with Crippen LogP contribution in [0.1, 0.15) is 39.0 Å². The number of aryl methyl sites for hydroxylation is 1. The second-order valence-electron chi connectivity index (χ2n) is 5.35. The van der Waals surface area contributed by atoms with Crippen LogP contribution in [0.4, 0.5) is 0 Å². The largest absolute Gasteiger partial charge is 0.343 e. The summed E-state index contributed by atoms with van der Waals surface area (Å²) in [6, 6.07) is 10.5. The molecule has 0 saturated carbocycles. The van der Waals surface area contributed by atoms with Crippen molar-refractivity contribution in [3.8, 4) is 6.07 Å². The lowest BCUT2D eigenvalue weighted by Crippen LogP contribution is -2.18. The molecule has 17 heavy (non-hydrogen) atoms. The Morgan fingerprint density at radius 2 is 1.88 bits per heavy atom. The van der Waals surface area contributed by atoms with Gasteiger partial charge in [0.15, 0.2) is 0 Å². The number of aromatic nitrogens is 1. The predicted molar refractivity (Wildman–Crippen MR) is 71.0 cm³/mol. The van der Waals surface area contributed by atoms with Crippen LogP contribution in [0.5, 0.6) is 0 Å². The van der Waals surface area contributed by atoms with E-state index in [0.717, 1.165) is 28.7 Å². The van der Waals surface area contributed by atoms with E-state index in [0.29, 0.717) is 0 Å². The fourth-order valence-electron chi connectivity index (χ4n) is 2.52. The topological polar surface area (TPSA) is 28.7 Å². The van der Waals surface area contributed by atoms with Gasteiger partial charge in [0, 0.05) is 28.6 Å². The summed E-state index contributed by atoms with van der Waals surface area (Å²) in [4.78, 5) is 0. The van der Waals surface area contributed by atoms with Crippen LogP contribution in [0.2, 0.25) is 0 Å². The zero-order valence-electron chi connectivity index (χ0n) is 10.9. The van der Waals surface area contributed by atoms with Gasteiger partial charge in [-0.05, 0) is 13.0 Å². The Hall–Kier alpha value is -1.75. The summed E-state index contributed by atoms with van der Waals surface area (Å²) in [5.74, 6) is 0. The van der Waals surface area contributed by atoms with Crippen molar-refractivity contribution in [2.75, 3.05) is 0 Å². The van der Waals surface area contributed by atoms with Gasteiger partial charge in [0.05, 0.1) is 5.56 Å². The van der Waals surface area contributed by atoms with Crippen LogP contribution in [0, 0.1) is 11.3 Å². The molecule has 2 rings (SSSR count). The first kappa shape index (κ1) is 11.7. The SMILES string of the molecule is CCn1c(C(C)(C)C)c(C#N)c2ccccc21. The molecule has 1 aromatic carbocycles. The summed E-state index contributed by atoms with van der Waals surface area (Å²) in [6.07, 6.45) is 0. The van der Waals surface area contributed by atoms with Crippen molar-refractivity contribution in [3.63, 3.8) is 0 Å². The fraction of sp³-hybridized carbons (Fsp3) is 0.400. The van der Waals surface area contributed by atoms with E-state index in [4.69, 9.17) is 0 Å². The minimum Gasteiger partial charge on any atom is -0.343 e. The molecule has 0 amide bonds. The van der Waals surface area contributed by atoms with E-state index in [-0.39, 0.29) is 5.41 Å². The first-order chi connectivity index (χ1) is 8.00. The number of nitrogens with zero attached hydrogens (tertiary/aromatic N) is 2. The number of para-hydroxylation sites is 1. The fourth-order valence-corrected chi connectivity index (χ4v) is 2.52. The quantitative estimate of drug-likeness (QED) is 0.726. The van der Waals surface area contributed by atoms with Gasteiger partial charge in [-0.1, -0.05) is 39.0 Å². The van der Waals surface area contributed by atoms with Gasteiger partial charge in [-0.25, -0.2) is 0 Å². The van der Waals surface area contributed by atoms with E-state index in [1.54, 1.807) is 0 Å². The molecule has 0 radical (unpaired) electrons. The maximum atomic E-state index is 9.43. The average Bonchev–Trinajstić information content (AvgIpc) is 2.62. The molecular formula is C15H18N2. The van der Waals surface area contributed by atoms with Crippen LogP contribution >= 0.6 is 0 Å². The summed E-state index contributed by atoms with van der Waals surface area (Å²) in [6.45, 7) is 9.51. The van der Waals surface area contributed by atoms with E-state index in [2.05, 4.69) is 44.4 Å². The molecule has 0 atom stereocenters. The van der Waals surface area contributed by atoms with Crippen LogP contribution in [0.25, 0.3) is 10.9 Å². The number of hydrogen-bond acceptors (Lipinski definition) is 1. The highest BCUT2D eigenvalue weighted by Gasteiger charge is 2.25. The molecule has 1 heterocycles. The monoisotopic (exact) mass is 226 g/mol. The van der Waals surface area contributed by atoms with Gasteiger partial charge in [-0.3, -0.25) is 0 Å². The molecule has 0 aliphatic heterocycles. The molecule has 0 unspecified atom stereocenters. The van der Waals surface area contributed by atoms with Crippen molar-refractivity contribution in [1.82, 2.24) is 4.57 Å². The second kappa shape index (κ2) is 3.92. The molecular weight excluding hydrogens is 208 g/mol. The molecule has 0 saturated heterocycles. The van der Waals surface area contributed by atoms with Crippen molar-refractivity contribution < 1.29 is 0 Å². The zero-order chi connectivity index (χ0) is 12.6. The second-order valence-corrected chi connectivity index (χ2v) is 5.35. The summed E-state index contributed by atoms with van der Waals surface area (Å²) in [7, 11) is 0. The Labute approximate surface area is 102 Å². The summed E-state index contributed by atoms with van der Waals surface area (Å²) in [5, 5.41) is 10.5. The average molecular weight is 226 g/mol. The van der Waals surface area contributed by atoms with Gasteiger partial charge >= 0.3 is 0 Å². The maximum absolute atomic E-state index is 9.43. The summed E-state index contributed by atoms with van der Waals surface area (Å²) < 4.78 is 2.26. The number of hydrogen-bond donors (Lipinski definition) is 0. The Morgan fingerprint density at radius 1 is 1.24 bits per heavy atom. The normalized spacial score (nSPS) is 11.7. The van der Waals surface area contributed by atoms with Gasteiger partial charge in [-0.15, -0.1) is 0 Å². The van der Waals surface area contributed by atoms with Crippen molar-refractivity contribution >= 4 is 10.9 Å². The number of rotatable bonds is 1. The first-order valence-corrected chi connectivity index (χ1v) is 6.02. The van der Waals surface area contributed by atoms with Crippen molar-refractivity contribution in [3.05, 3.63) is 35.5 Å². The number of benzene rings is 1. The third kappa shape index (κ3) is 1.72. The lowest BCUT2D eigenvalue weighted by molar-refractivity contribution is 0.530. The van der Waals surface area contributed by atoms with E-state index in [1.165, 1.54) is 0 Å². The van der Waals surface area contributed by atoms with Gasteiger partial charge in [0.1, 0.15) is 6.07 Å². The van der Waals surface area contributed by atoms with Crippen LogP contribution in [-0.2, 0) is 12.0 Å². The lowest BCUT2D eigenvalue weighted by atomic mass is 9.89. The molecule has 0 spiro atoms. The molecule has 0 aliphatic carbocycles. The Bertz CT molecular complexity index is 592. The lowest BCUT2D eigenvalue weighted by Gasteiger charge is -2.22. The highest BCUT2D eigenvalue weighted by molar-refractivity contribution is 5.88. The zero-order valence-corrected chi connectivity index (χ0v) is 10.9. The highest BCUT2D eigenvalue weighted by atomic mass is 15.0. The van der Waals surface area contributed by atoms with E-state index >= 15 is 0 Å². The van der Waals surface area contributed by atoms with Crippen LogP contribution in [0.3, 0.4) is 0 Å². The van der Waals surface area contributed by atoms with Crippen molar-refractivity contribution in [2.45, 2.75) is 39.7 Å². The van der Waals surface area contributed by atoms with Crippen LogP contribution in [0.15, 0.2) is 24.3 Å². The highest BCUT2D eigenvalue weighted by Crippen LogP contribution is 2.33. The molecule has 2 nitrogen and oxygen atoms in total. The summed E-state index contributed by atoms with van der Waals surface area (Å²) in [5.41, 5.74) is 3.12. The smallest absolute Gasteiger partial charge is 0.102 e. The number of nitriles is 1. The Balaban J connectivity index is 2.95. The molecule has 0 aliphatic rings. The van der Waals surface area contributed by atoms with Crippen LogP contribution < -0.4 is 0 Å². The maximum Gasteiger partial charge on any atom is 0.102 e. The molecule has 0 fully saturated rings. The van der Waals surface area contributed by atoms with Gasteiger partial charge < -0.3 is 4.57 Å². The number of fused-ring (bicyclic) bond motifs is 1. The van der Waals surface area contributed by atoms with Gasteiger partial charge in [0.25, 0.3) is 0 Å². The molecule has 0 bridgehead atoms. The van der Waals surface area contributed by atoms with Gasteiger partial charge in [0.2, 0.25) is 0 Å². The van der Waals surface area contributed by atoms with Gasteiger partial charge in [-0.2, -0.15) is 5.26 Å². The molecule has 2 aromatic rings. The Kier molecular flexibility index (Phi) is 2.71. The molecule has 88 valence electrons. The van der Waals surface area contributed by atoms with Crippen molar-refractivity contribution in [2.24, 2.45) is 0 Å². The third-order valence-electron chi connectivity index (χ3n) is 3.11. The van der Waals surface area contributed by atoms with E-state index < -0.39 is 0 Å². The standard InChI is InChI=1S/C15H18N2/c1-5-17-13-9-7-6-8-11(13)12(10-16)14(17)15(2,3)4/h6-9H,5H2,1-4H3. The first-order valence-electron chi connectivity index (χ1n) is 6.02. The minimum absolute atomic E-state index is 0.0138. The van der Waals surface area contributed by atoms with Crippen LogP contribution in [-0.4, -0.2) is 4.57 Å². The molecule has 0 N–H and O–H groups in total. The Morgan fingerprint density at radius 3 is 2.41 bits per heavy atom. The van der Waals surface area contributed by atoms with E-state index in [1.807, 2.05) is 18.2 Å². The van der Waals surface area contributed by atoms with Crippen molar-refractivity contribution in [1.29, 1.82) is 5.26 Å². The predicted octanol–water partition coefficient (Wildman–Crippen LogP) is 3.83. The van der Waals surface area contributed by atoms with E-state index in [9.17, 15) is 5.26 Å². The molecule has 2 heteroatoms.